The van der Waals surface area contributed by atoms with Gasteiger partial charge in [-0.05, 0) is 12.1 Å². The molecule has 9 heteroatoms. The van der Waals surface area contributed by atoms with Gasteiger partial charge in [0.1, 0.15) is 17.6 Å². The lowest BCUT2D eigenvalue weighted by molar-refractivity contribution is -0.141. The van der Waals surface area contributed by atoms with Crippen molar-refractivity contribution >= 4 is 11.7 Å². The number of nitriles is 1. The average molecular weight is 302 g/mol. The summed E-state index contributed by atoms with van der Waals surface area (Å²) in [5.41, 5.74) is -1.21. The number of hydrogen-bond acceptors (Lipinski definition) is 5. The molecule has 0 fully saturated rings. The zero-order chi connectivity index (χ0) is 15.9. The van der Waals surface area contributed by atoms with Crippen molar-refractivity contribution in [3.8, 4) is 6.07 Å². The summed E-state index contributed by atoms with van der Waals surface area (Å²) in [5.74, 6) is -0.732. The van der Waals surface area contributed by atoms with Gasteiger partial charge in [0.25, 0.3) is 0 Å². The van der Waals surface area contributed by atoms with Gasteiger partial charge in [-0.3, -0.25) is 4.79 Å². The van der Waals surface area contributed by atoms with Crippen molar-refractivity contribution in [2.24, 2.45) is 0 Å². The second-order valence-electron chi connectivity index (χ2n) is 3.90. The smallest absolute Gasteiger partial charge is 0.383 e. The van der Waals surface area contributed by atoms with Crippen LogP contribution in [0.25, 0.3) is 0 Å². The predicted molar refractivity (Wildman–Crippen MR) is 67.3 cm³/mol. The molecule has 2 N–H and O–H groups in total. The van der Waals surface area contributed by atoms with E-state index in [1.807, 2.05) is 0 Å². The monoisotopic (exact) mass is 302 g/mol. The second kappa shape index (κ2) is 7.44. The van der Waals surface area contributed by atoms with Gasteiger partial charge in [-0.2, -0.15) is 18.4 Å². The predicted octanol–water partition coefficient (Wildman–Crippen LogP) is 1.15. The maximum absolute atomic E-state index is 12.5. The lowest BCUT2D eigenvalue weighted by Gasteiger charge is -2.11. The molecule has 0 saturated carbocycles. The summed E-state index contributed by atoms with van der Waals surface area (Å²) in [4.78, 5) is 14.7. The lowest BCUT2D eigenvalue weighted by Crippen LogP contribution is -2.32. The molecule has 0 aliphatic rings. The molecule has 1 aromatic rings. The van der Waals surface area contributed by atoms with Crippen LogP contribution in [0.4, 0.5) is 19.0 Å². The number of anilines is 1. The van der Waals surface area contributed by atoms with Gasteiger partial charge in [0.05, 0.1) is 18.7 Å². The molecule has 21 heavy (non-hydrogen) atoms. The first-order chi connectivity index (χ1) is 9.88. The molecular formula is C12H13F3N4O2. The highest BCUT2D eigenvalue weighted by Crippen LogP contribution is 2.29. The molecule has 0 bridgehead atoms. The molecule has 0 spiro atoms. The van der Waals surface area contributed by atoms with Crippen molar-refractivity contribution in [3.63, 3.8) is 0 Å². The molecule has 0 aliphatic heterocycles. The number of carbonyl (C=O) groups excluding carboxylic acids is 1. The topological polar surface area (TPSA) is 87.0 Å². The van der Waals surface area contributed by atoms with Crippen molar-refractivity contribution in [3.05, 3.63) is 23.4 Å². The van der Waals surface area contributed by atoms with Crippen molar-refractivity contribution in [2.75, 3.05) is 32.1 Å². The Hall–Kier alpha value is -2.34. The fourth-order valence-electron chi connectivity index (χ4n) is 1.36. The fraction of sp³-hybridized carbons (Fsp3) is 0.417. The molecule has 0 atom stereocenters. The molecule has 1 heterocycles. The van der Waals surface area contributed by atoms with E-state index < -0.39 is 17.8 Å². The van der Waals surface area contributed by atoms with E-state index in [1.54, 1.807) is 6.07 Å². The van der Waals surface area contributed by atoms with Gasteiger partial charge in [-0.15, -0.1) is 0 Å². The number of ether oxygens (including phenoxy) is 1. The minimum Gasteiger partial charge on any atom is -0.383 e. The molecule has 1 rings (SSSR count). The molecule has 6 nitrogen and oxygen atoms in total. The number of alkyl halides is 3. The zero-order valence-corrected chi connectivity index (χ0v) is 11.1. The Kier molecular flexibility index (Phi) is 5.92. The van der Waals surface area contributed by atoms with Crippen molar-refractivity contribution < 1.29 is 22.7 Å². The van der Waals surface area contributed by atoms with E-state index in [-0.39, 0.29) is 24.5 Å². The van der Waals surface area contributed by atoms with Gasteiger partial charge in [-0.1, -0.05) is 0 Å². The van der Waals surface area contributed by atoms with Crippen LogP contribution in [0.2, 0.25) is 0 Å². The molecule has 0 saturated heterocycles. The second-order valence-corrected chi connectivity index (χ2v) is 3.90. The van der Waals surface area contributed by atoms with E-state index >= 15 is 0 Å². The van der Waals surface area contributed by atoms with Crippen LogP contribution < -0.4 is 10.6 Å². The Balaban J connectivity index is 2.73. The first-order valence-corrected chi connectivity index (χ1v) is 5.86. The normalized spacial score (nSPS) is 10.8. The number of pyridine rings is 1. The van der Waals surface area contributed by atoms with Crippen LogP contribution in [-0.4, -0.2) is 37.7 Å². The quantitative estimate of drug-likeness (QED) is 0.770. The van der Waals surface area contributed by atoms with Crippen LogP contribution >= 0.6 is 0 Å². The van der Waals surface area contributed by atoms with E-state index in [1.165, 1.54) is 7.11 Å². The Bertz CT molecular complexity index is 540. The summed E-state index contributed by atoms with van der Waals surface area (Å²) >= 11 is 0. The zero-order valence-electron chi connectivity index (χ0n) is 11.1. The Morgan fingerprint density at radius 2 is 2.19 bits per heavy atom. The van der Waals surface area contributed by atoms with Crippen LogP contribution in [0.1, 0.15) is 11.3 Å². The van der Waals surface area contributed by atoms with E-state index in [0.717, 1.165) is 6.07 Å². The minimum absolute atomic E-state index is 0.0762. The number of halogens is 3. The highest BCUT2D eigenvalue weighted by molar-refractivity contribution is 5.80. The first-order valence-electron chi connectivity index (χ1n) is 5.86. The number of rotatable bonds is 6. The maximum atomic E-state index is 12.5. The third-order valence-electron chi connectivity index (χ3n) is 2.35. The van der Waals surface area contributed by atoms with Crippen LogP contribution in [-0.2, 0) is 15.7 Å². The van der Waals surface area contributed by atoms with Gasteiger partial charge in [-0.25, -0.2) is 4.98 Å². The summed E-state index contributed by atoms with van der Waals surface area (Å²) in [6.45, 7) is 0.293. The lowest BCUT2D eigenvalue weighted by atomic mass is 10.2. The van der Waals surface area contributed by atoms with Gasteiger partial charge in [0, 0.05) is 13.7 Å². The van der Waals surface area contributed by atoms with Crippen molar-refractivity contribution in [1.82, 2.24) is 10.3 Å². The maximum Gasteiger partial charge on any atom is 0.433 e. The Labute approximate surface area is 118 Å². The minimum atomic E-state index is -4.62. The summed E-state index contributed by atoms with van der Waals surface area (Å²) in [6, 6.07) is 3.42. The Morgan fingerprint density at radius 3 is 2.76 bits per heavy atom. The third kappa shape index (κ3) is 5.27. The van der Waals surface area contributed by atoms with Crippen LogP contribution in [0.15, 0.2) is 12.1 Å². The first kappa shape index (κ1) is 16.7. The molecule has 0 aliphatic carbocycles. The van der Waals surface area contributed by atoms with Crippen molar-refractivity contribution in [2.45, 2.75) is 6.18 Å². The molecule has 0 aromatic carbocycles. The number of methoxy groups -OCH3 is 1. The molecule has 114 valence electrons. The molecule has 0 unspecified atom stereocenters. The van der Waals surface area contributed by atoms with E-state index in [0.29, 0.717) is 12.7 Å². The average Bonchev–Trinajstić information content (AvgIpc) is 2.44. The number of nitrogens with one attached hydrogen (secondary N) is 2. The van der Waals surface area contributed by atoms with E-state index in [2.05, 4.69) is 15.6 Å². The van der Waals surface area contributed by atoms with Gasteiger partial charge >= 0.3 is 6.18 Å². The van der Waals surface area contributed by atoms with Gasteiger partial charge in [0.15, 0.2) is 0 Å². The Morgan fingerprint density at radius 1 is 1.48 bits per heavy atom. The van der Waals surface area contributed by atoms with Gasteiger partial charge in [0.2, 0.25) is 5.91 Å². The number of hydrogen-bond donors (Lipinski definition) is 2. The van der Waals surface area contributed by atoms with E-state index in [4.69, 9.17) is 10.00 Å². The van der Waals surface area contributed by atoms with E-state index in [9.17, 15) is 18.0 Å². The number of nitrogens with zero attached hydrogens (tertiary/aromatic N) is 2. The van der Waals surface area contributed by atoms with Crippen LogP contribution in [0.5, 0.6) is 0 Å². The highest BCUT2D eigenvalue weighted by atomic mass is 19.4. The number of aromatic nitrogens is 1. The van der Waals surface area contributed by atoms with Crippen LogP contribution in [0.3, 0.4) is 0 Å². The highest BCUT2D eigenvalue weighted by Gasteiger charge is 2.33. The number of carbonyl (C=O) groups is 1. The summed E-state index contributed by atoms with van der Waals surface area (Å²) in [7, 11) is 1.47. The SMILES string of the molecule is COCCNC(=O)CNc1nc(C(F)(F)F)ccc1C#N. The summed E-state index contributed by atoms with van der Waals surface area (Å²) in [5, 5.41) is 13.7. The largest absolute Gasteiger partial charge is 0.433 e. The molecular weight excluding hydrogens is 289 g/mol. The molecule has 1 amide bonds. The molecule has 1 aromatic heterocycles. The van der Waals surface area contributed by atoms with Crippen LogP contribution in [0, 0.1) is 11.3 Å². The summed E-state index contributed by atoms with van der Waals surface area (Å²) < 4.78 is 42.4. The third-order valence-corrected chi connectivity index (χ3v) is 2.35. The summed E-state index contributed by atoms with van der Waals surface area (Å²) in [6.07, 6.45) is -4.62. The fourth-order valence-corrected chi connectivity index (χ4v) is 1.36. The van der Waals surface area contributed by atoms with Crippen molar-refractivity contribution in [1.29, 1.82) is 5.26 Å². The molecule has 0 radical (unpaired) electrons. The number of amides is 1. The standard InChI is InChI=1S/C12H13F3N4O2/c1-21-5-4-17-10(20)7-18-11-8(6-16)2-3-9(19-11)12(13,14)15/h2-3H,4-5,7H2,1H3,(H,17,20)(H,18,19). The van der Waals surface area contributed by atoms with Gasteiger partial charge < -0.3 is 15.4 Å².